The summed E-state index contributed by atoms with van der Waals surface area (Å²) in [7, 11) is -4.66. The lowest BCUT2D eigenvalue weighted by Gasteiger charge is -2.39. The van der Waals surface area contributed by atoms with Gasteiger partial charge in [-0.05, 0) is 127 Å². The second-order valence-electron chi connectivity index (χ2n) is 23.8. The Morgan fingerprint density at radius 2 is 1.69 bits per heavy atom. The summed E-state index contributed by atoms with van der Waals surface area (Å²) in [6.45, 7) is 10.8. The fraction of sp³-hybridized carbons (Fsp3) is 0.406. The Balaban J connectivity index is 0.644. The number of hydrogen-bond acceptors (Lipinski definition) is 17. The van der Waals surface area contributed by atoms with E-state index in [0.717, 1.165) is 66.5 Å². The van der Waals surface area contributed by atoms with Crippen LogP contribution in [0.4, 0.5) is 17.1 Å². The number of piperazine rings is 1. The number of aromatic amines is 1. The Bertz CT molecular complexity index is 3830. The van der Waals surface area contributed by atoms with E-state index in [1.54, 1.807) is 35.4 Å². The third-order valence-corrected chi connectivity index (χ3v) is 19.9. The summed E-state index contributed by atoms with van der Waals surface area (Å²) < 4.78 is 47.8. The smallest absolute Gasteiger partial charge is 0.293 e. The van der Waals surface area contributed by atoms with E-state index in [4.69, 9.17) is 25.8 Å². The second-order valence-corrected chi connectivity index (χ2v) is 27.1. The standard InChI is InChI=1S/C64H71ClN10O12S2/c1-64(2)20-16-44(51(35-64)42-6-8-45(65)9-7-42)38-71-24-26-72(27-25-71)46-10-12-50(56(33-46)87-47-32-43-17-21-66-60(43)68-37-47)61(78)70-89(83,84)48-11-13-53(55(34-48)75(81)82)67-36-41-18-22-73(23-19-41)59(77)40-86-29-28-85-30-31-88-57-5-3-4-49-52(57)39-74(63(49)80)54-14-15-58(76)69-62(54)79/h3-13,17,21,32-34,37,41,54,67H,14-16,18-20,22-31,35-36,38-40H2,1-2H3,(H,66,68)(H,70,78)(H,69,76,79). The third kappa shape index (κ3) is 15.1. The summed E-state index contributed by atoms with van der Waals surface area (Å²) in [4.78, 5) is 92.1. The number of piperidine rings is 2. The number of aromatic nitrogens is 2. The van der Waals surface area contributed by atoms with Gasteiger partial charge in [0.05, 0.1) is 41.4 Å². The zero-order valence-electron chi connectivity index (χ0n) is 49.6. The molecule has 4 aliphatic heterocycles. The summed E-state index contributed by atoms with van der Waals surface area (Å²) in [5.41, 5.74) is 6.59. The van der Waals surface area contributed by atoms with Gasteiger partial charge in [0, 0.05) is 116 Å². The van der Waals surface area contributed by atoms with E-state index in [-0.39, 0.29) is 72.3 Å². The molecule has 0 saturated carbocycles. The van der Waals surface area contributed by atoms with E-state index in [1.807, 2.05) is 30.3 Å². The number of nitrogens with one attached hydrogen (secondary N) is 4. The average Bonchev–Trinajstić information content (AvgIpc) is 2.13. The molecule has 1 aliphatic carbocycles. The van der Waals surface area contributed by atoms with Crippen LogP contribution in [0.25, 0.3) is 16.6 Å². The highest BCUT2D eigenvalue weighted by atomic mass is 35.5. The molecule has 3 saturated heterocycles. The molecular weight excluding hydrogens is 1200 g/mol. The number of nitro groups is 1. The van der Waals surface area contributed by atoms with Crippen LogP contribution in [0.15, 0.2) is 119 Å². The van der Waals surface area contributed by atoms with Crippen molar-refractivity contribution < 1.29 is 51.5 Å². The Labute approximate surface area is 525 Å². The van der Waals surface area contributed by atoms with Gasteiger partial charge in [-0.2, -0.15) is 0 Å². The maximum atomic E-state index is 14.2. The number of fused-ring (bicyclic) bond motifs is 2. The van der Waals surface area contributed by atoms with E-state index >= 15 is 0 Å². The van der Waals surface area contributed by atoms with Crippen molar-refractivity contribution in [1.29, 1.82) is 0 Å². The highest BCUT2D eigenvalue weighted by Crippen LogP contribution is 2.44. The number of carbonyl (C=O) groups is 5. The molecule has 5 aliphatic rings. The second kappa shape index (κ2) is 27.5. The number of amides is 5. The van der Waals surface area contributed by atoms with E-state index in [9.17, 15) is 42.5 Å². The first-order valence-corrected chi connectivity index (χ1v) is 32.8. The third-order valence-electron chi connectivity index (χ3n) is 17.2. The molecule has 4 N–H and O–H groups in total. The molecular formula is C64H71ClN10O12S2. The normalized spacial score (nSPS) is 18.3. The molecule has 4 aromatic carbocycles. The van der Waals surface area contributed by atoms with Crippen LogP contribution in [0.1, 0.15) is 90.6 Å². The van der Waals surface area contributed by atoms with Gasteiger partial charge in [0.1, 0.15) is 35.5 Å². The average molecular weight is 1270 g/mol. The monoisotopic (exact) mass is 1270 g/mol. The van der Waals surface area contributed by atoms with Crippen molar-refractivity contribution in [2.24, 2.45) is 11.3 Å². The molecule has 22 nitrogen and oxygen atoms in total. The summed E-state index contributed by atoms with van der Waals surface area (Å²) >= 11 is 7.81. The summed E-state index contributed by atoms with van der Waals surface area (Å²) in [6, 6.07) is 25.0. The number of sulfonamides is 1. The van der Waals surface area contributed by atoms with Crippen molar-refractivity contribution in [2.45, 2.75) is 81.2 Å². The minimum atomic E-state index is -4.66. The SMILES string of the molecule is CC1(C)CCC(CN2CCN(c3ccc(C(=O)NS(=O)(=O)c4ccc(NCC5CCN(C(=O)COCCOCCSc6cccc7c6CN(C6CCC(=O)NC6=O)C7=O)CC5)c([N+](=O)[O-])c4)c(Oc4cnc5[nH]ccc5c4)c3)CC2)=C(c2ccc(Cl)cc2)C1. The number of nitrogens with zero attached hydrogens (tertiary/aromatic N) is 6. The number of hydrogen-bond donors (Lipinski definition) is 4. The number of imide groups is 1. The van der Waals surface area contributed by atoms with Crippen molar-refractivity contribution in [3.8, 4) is 11.5 Å². The molecule has 6 aromatic rings. The van der Waals surface area contributed by atoms with E-state index in [0.29, 0.717) is 92.9 Å². The van der Waals surface area contributed by atoms with Crippen LogP contribution in [0, 0.1) is 21.4 Å². The summed E-state index contributed by atoms with van der Waals surface area (Å²) in [5.74, 6) is -1.11. The maximum absolute atomic E-state index is 14.2. The molecule has 1 atom stereocenters. The summed E-state index contributed by atoms with van der Waals surface area (Å²) in [6.07, 6.45) is 8.09. The molecule has 25 heteroatoms. The number of ether oxygens (including phenoxy) is 3. The van der Waals surface area contributed by atoms with Gasteiger partial charge in [-0.25, -0.2) is 18.1 Å². The van der Waals surface area contributed by atoms with Crippen molar-refractivity contribution in [3.63, 3.8) is 0 Å². The van der Waals surface area contributed by atoms with Gasteiger partial charge in [0.25, 0.3) is 27.5 Å². The number of carbonyl (C=O) groups excluding carboxylic acids is 5. The van der Waals surface area contributed by atoms with Crippen molar-refractivity contribution in [1.82, 2.24) is 34.7 Å². The van der Waals surface area contributed by atoms with Gasteiger partial charge in [0.15, 0.2) is 0 Å². The lowest BCUT2D eigenvalue weighted by atomic mass is 9.72. The Kier molecular flexibility index (Phi) is 19.4. The zero-order chi connectivity index (χ0) is 62.4. The van der Waals surface area contributed by atoms with Gasteiger partial charge in [0.2, 0.25) is 17.7 Å². The number of pyridine rings is 1. The lowest BCUT2D eigenvalue weighted by molar-refractivity contribution is -0.384. The zero-order valence-corrected chi connectivity index (χ0v) is 52.0. The van der Waals surface area contributed by atoms with E-state index in [1.165, 1.54) is 57.8 Å². The van der Waals surface area contributed by atoms with Crippen LogP contribution in [-0.2, 0) is 40.4 Å². The number of nitro benzene ring substituents is 1. The number of benzene rings is 4. The van der Waals surface area contributed by atoms with Crippen LogP contribution in [-0.4, -0.2) is 158 Å². The quantitative estimate of drug-likeness (QED) is 0.0153. The Hall–Kier alpha value is -7.87. The number of likely N-dealkylation sites (tertiary alicyclic amines) is 1. The molecule has 89 heavy (non-hydrogen) atoms. The fourth-order valence-electron chi connectivity index (χ4n) is 12.2. The maximum Gasteiger partial charge on any atom is 0.293 e. The lowest BCUT2D eigenvalue weighted by Crippen LogP contribution is -2.52. The number of thioether (sulfide) groups is 1. The molecule has 0 bridgehead atoms. The van der Waals surface area contributed by atoms with Crippen LogP contribution < -0.4 is 25.0 Å². The largest absolute Gasteiger partial charge is 0.455 e. The highest BCUT2D eigenvalue weighted by Gasteiger charge is 2.40. The highest BCUT2D eigenvalue weighted by molar-refractivity contribution is 7.99. The predicted molar refractivity (Wildman–Crippen MR) is 338 cm³/mol. The molecule has 468 valence electrons. The van der Waals surface area contributed by atoms with Crippen LogP contribution in [0.2, 0.25) is 5.02 Å². The molecule has 0 spiro atoms. The number of rotatable bonds is 23. The number of anilines is 2. The minimum absolute atomic E-state index is 0.0512. The van der Waals surface area contributed by atoms with Gasteiger partial charge >= 0.3 is 0 Å². The first-order chi connectivity index (χ1) is 42.8. The molecule has 11 rings (SSSR count). The van der Waals surface area contributed by atoms with Crippen molar-refractivity contribution >= 4 is 96.6 Å². The molecule has 2 aromatic heterocycles. The van der Waals surface area contributed by atoms with Gasteiger partial charge in [-0.15, -0.1) is 11.8 Å². The van der Waals surface area contributed by atoms with Crippen LogP contribution >= 0.6 is 23.4 Å². The molecule has 1 unspecified atom stereocenters. The van der Waals surface area contributed by atoms with Gasteiger partial charge in [-0.3, -0.25) is 44.3 Å². The van der Waals surface area contributed by atoms with Gasteiger partial charge in [-0.1, -0.05) is 49.2 Å². The first kappa shape index (κ1) is 62.7. The minimum Gasteiger partial charge on any atom is -0.455 e. The Morgan fingerprint density at radius 3 is 2.46 bits per heavy atom. The van der Waals surface area contributed by atoms with E-state index in [2.05, 4.69) is 61.1 Å². The molecule has 5 amide bonds. The number of allylic oxidation sites excluding steroid dienone is 1. The first-order valence-electron chi connectivity index (χ1n) is 30.0. The number of H-pyrrole nitrogens is 1. The fourth-order valence-corrected chi connectivity index (χ4v) is 14.3. The number of halogens is 1. The van der Waals surface area contributed by atoms with Crippen molar-refractivity contribution in [3.05, 3.63) is 146 Å². The van der Waals surface area contributed by atoms with Crippen LogP contribution in [0.3, 0.4) is 0 Å². The predicted octanol–water partition coefficient (Wildman–Crippen LogP) is 9.06. The molecule has 6 heterocycles. The van der Waals surface area contributed by atoms with Crippen molar-refractivity contribution in [2.75, 3.05) is 94.8 Å². The van der Waals surface area contributed by atoms with Gasteiger partial charge < -0.3 is 39.2 Å². The van der Waals surface area contributed by atoms with E-state index < -0.39 is 43.4 Å². The molecule has 3 fully saturated rings. The summed E-state index contributed by atoms with van der Waals surface area (Å²) in [5, 5.41) is 19.4. The van der Waals surface area contributed by atoms with Crippen LogP contribution in [0.5, 0.6) is 11.5 Å². The topological polar surface area (TPSA) is 268 Å². The Morgan fingerprint density at radius 1 is 0.899 bits per heavy atom. The molecule has 0 radical (unpaired) electrons.